The van der Waals surface area contributed by atoms with Crippen molar-refractivity contribution < 1.29 is 4.74 Å². The molecule has 0 spiro atoms. The molecule has 0 fully saturated rings. The smallest absolute Gasteiger partial charge is 0.144 e. The van der Waals surface area contributed by atoms with E-state index >= 15 is 0 Å². The molecule has 1 aromatic heterocycles. The van der Waals surface area contributed by atoms with Crippen LogP contribution in [0.15, 0.2) is 30.6 Å². The number of hydrogen-bond acceptors (Lipinski definition) is 5. The Bertz CT molecular complexity index is 567. The van der Waals surface area contributed by atoms with Gasteiger partial charge in [-0.25, -0.2) is 0 Å². The number of anilines is 2. The van der Waals surface area contributed by atoms with E-state index in [1.165, 1.54) is 0 Å². The zero-order valence-electron chi connectivity index (χ0n) is 12.1. The fourth-order valence-corrected chi connectivity index (χ4v) is 1.75. The van der Waals surface area contributed by atoms with Crippen molar-refractivity contribution in [2.75, 3.05) is 11.1 Å². The lowest BCUT2D eigenvalue weighted by Gasteiger charge is -2.15. The van der Waals surface area contributed by atoms with Gasteiger partial charge in [0, 0.05) is 6.20 Å². The average molecular weight is 272 g/mol. The Morgan fingerprint density at radius 1 is 1.25 bits per heavy atom. The summed E-state index contributed by atoms with van der Waals surface area (Å²) in [4.78, 5) is 8.51. The van der Waals surface area contributed by atoms with Crippen molar-refractivity contribution in [3.63, 3.8) is 0 Å². The number of nitrogens with zero attached hydrogens (tertiary/aromatic N) is 2. The maximum atomic E-state index is 6.10. The molecule has 0 aliphatic rings. The van der Waals surface area contributed by atoms with E-state index in [4.69, 9.17) is 10.5 Å². The third kappa shape index (κ3) is 3.60. The molecule has 5 nitrogen and oxygen atoms in total. The Labute approximate surface area is 119 Å². The van der Waals surface area contributed by atoms with E-state index in [1.54, 1.807) is 12.4 Å². The Morgan fingerprint density at radius 2 is 2.05 bits per heavy atom. The number of para-hydroxylation sites is 1. The fraction of sp³-hybridized carbons (Fsp3) is 0.333. The summed E-state index contributed by atoms with van der Waals surface area (Å²) in [6, 6.07) is 5.70. The highest BCUT2D eigenvalue weighted by Gasteiger charge is 2.07. The van der Waals surface area contributed by atoms with Gasteiger partial charge in [-0.15, -0.1) is 0 Å². The van der Waals surface area contributed by atoms with Gasteiger partial charge in [-0.05, 0) is 32.9 Å². The van der Waals surface area contributed by atoms with Crippen LogP contribution in [0.3, 0.4) is 0 Å². The third-order valence-electron chi connectivity index (χ3n) is 2.72. The van der Waals surface area contributed by atoms with Crippen LogP contribution in [0.1, 0.15) is 25.2 Å². The number of nitrogens with two attached hydrogens (primary N) is 1. The highest BCUT2D eigenvalue weighted by molar-refractivity contribution is 5.72. The molecular formula is C15H20N4O. The molecule has 0 saturated carbocycles. The molecule has 0 atom stereocenters. The van der Waals surface area contributed by atoms with Gasteiger partial charge in [0.2, 0.25) is 0 Å². The molecule has 2 rings (SSSR count). The van der Waals surface area contributed by atoms with Crippen molar-refractivity contribution in [3.8, 4) is 5.75 Å². The Balaban J connectivity index is 2.07. The van der Waals surface area contributed by atoms with E-state index in [0.29, 0.717) is 18.0 Å². The van der Waals surface area contributed by atoms with Gasteiger partial charge in [-0.2, -0.15) is 0 Å². The number of ether oxygens (including phenoxy) is 1. The number of aromatic nitrogens is 2. The first kappa shape index (κ1) is 14.1. The van der Waals surface area contributed by atoms with Crippen LogP contribution in [0.2, 0.25) is 0 Å². The number of nitrogens with one attached hydrogen (secondary N) is 1. The molecule has 20 heavy (non-hydrogen) atoms. The second-order valence-corrected chi connectivity index (χ2v) is 4.89. The van der Waals surface area contributed by atoms with Gasteiger partial charge in [-0.3, -0.25) is 9.97 Å². The molecule has 2 aromatic rings. The number of benzene rings is 1. The van der Waals surface area contributed by atoms with Gasteiger partial charge in [0.05, 0.1) is 41.6 Å². The molecule has 0 radical (unpaired) electrons. The first-order chi connectivity index (χ1) is 9.56. The zero-order valence-corrected chi connectivity index (χ0v) is 12.1. The zero-order chi connectivity index (χ0) is 14.5. The van der Waals surface area contributed by atoms with Gasteiger partial charge >= 0.3 is 0 Å². The maximum Gasteiger partial charge on any atom is 0.144 e. The average Bonchev–Trinajstić information content (AvgIpc) is 2.41. The minimum absolute atomic E-state index is 0.0931. The van der Waals surface area contributed by atoms with Crippen LogP contribution in [-0.4, -0.2) is 16.1 Å². The molecule has 1 heterocycles. The topological polar surface area (TPSA) is 73.1 Å². The van der Waals surface area contributed by atoms with Crippen molar-refractivity contribution in [3.05, 3.63) is 42.0 Å². The molecule has 106 valence electrons. The second kappa shape index (κ2) is 6.23. The van der Waals surface area contributed by atoms with Crippen LogP contribution in [0.25, 0.3) is 0 Å². The molecule has 5 heteroatoms. The van der Waals surface area contributed by atoms with Crippen LogP contribution in [0.5, 0.6) is 5.75 Å². The van der Waals surface area contributed by atoms with Crippen molar-refractivity contribution in [2.24, 2.45) is 0 Å². The summed E-state index contributed by atoms with van der Waals surface area (Å²) in [6.07, 6.45) is 3.60. The maximum absolute atomic E-state index is 6.10. The first-order valence-corrected chi connectivity index (χ1v) is 6.63. The molecule has 0 aliphatic carbocycles. The van der Waals surface area contributed by atoms with E-state index in [-0.39, 0.29) is 6.10 Å². The molecule has 1 aromatic carbocycles. The first-order valence-electron chi connectivity index (χ1n) is 6.63. The molecule has 0 unspecified atom stereocenters. The highest BCUT2D eigenvalue weighted by atomic mass is 16.5. The van der Waals surface area contributed by atoms with Crippen molar-refractivity contribution >= 4 is 11.4 Å². The fourth-order valence-electron chi connectivity index (χ4n) is 1.75. The Morgan fingerprint density at radius 3 is 2.70 bits per heavy atom. The summed E-state index contributed by atoms with van der Waals surface area (Å²) in [5.41, 5.74) is 9.32. The predicted molar refractivity (Wildman–Crippen MR) is 80.7 cm³/mol. The Hall–Kier alpha value is -2.30. The Kier molecular flexibility index (Phi) is 4.40. The summed E-state index contributed by atoms with van der Waals surface area (Å²) in [6.45, 7) is 6.43. The quantitative estimate of drug-likeness (QED) is 0.819. The number of hydrogen-bond donors (Lipinski definition) is 2. The van der Waals surface area contributed by atoms with Crippen LogP contribution >= 0.6 is 0 Å². The van der Waals surface area contributed by atoms with Gasteiger partial charge in [0.15, 0.2) is 0 Å². The summed E-state index contributed by atoms with van der Waals surface area (Å²) < 4.78 is 5.66. The third-order valence-corrected chi connectivity index (χ3v) is 2.72. The molecule has 0 saturated heterocycles. The second-order valence-electron chi connectivity index (χ2n) is 4.89. The van der Waals surface area contributed by atoms with Crippen molar-refractivity contribution in [2.45, 2.75) is 33.4 Å². The minimum Gasteiger partial charge on any atom is -0.489 e. The predicted octanol–water partition coefficient (Wildman–Crippen LogP) is 2.77. The summed E-state index contributed by atoms with van der Waals surface area (Å²) in [5, 5.41) is 3.25. The van der Waals surface area contributed by atoms with E-state index in [0.717, 1.165) is 17.1 Å². The van der Waals surface area contributed by atoms with Crippen molar-refractivity contribution in [1.29, 1.82) is 0 Å². The lowest BCUT2D eigenvalue weighted by Crippen LogP contribution is -2.09. The summed E-state index contributed by atoms with van der Waals surface area (Å²) in [5.74, 6) is 0.694. The molecular weight excluding hydrogens is 252 g/mol. The van der Waals surface area contributed by atoms with Gasteiger partial charge < -0.3 is 15.8 Å². The molecule has 0 amide bonds. The standard InChI is InChI=1S/C15H20N4O/c1-10(2)20-14-6-4-5-13(15(14)16)19-9-12-8-17-11(3)7-18-12/h4-8,10,19H,9,16H2,1-3H3. The van der Waals surface area contributed by atoms with Crippen LogP contribution < -0.4 is 15.8 Å². The van der Waals surface area contributed by atoms with E-state index in [1.807, 2.05) is 39.0 Å². The van der Waals surface area contributed by atoms with Gasteiger partial charge in [-0.1, -0.05) is 6.07 Å². The normalized spacial score (nSPS) is 10.6. The highest BCUT2D eigenvalue weighted by Crippen LogP contribution is 2.30. The minimum atomic E-state index is 0.0931. The van der Waals surface area contributed by atoms with Crippen LogP contribution in [0.4, 0.5) is 11.4 Å². The van der Waals surface area contributed by atoms with Crippen LogP contribution in [-0.2, 0) is 6.54 Å². The van der Waals surface area contributed by atoms with E-state index in [9.17, 15) is 0 Å². The van der Waals surface area contributed by atoms with Gasteiger partial charge in [0.1, 0.15) is 5.75 Å². The van der Waals surface area contributed by atoms with E-state index in [2.05, 4.69) is 15.3 Å². The van der Waals surface area contributed by atoms with Gasteiger partial charge in [0.25, 0.3) is 0 Å². The summed E-state index contributed by atoms with van der Waals surface area (Å²) in [7, 11) is 0. The lowest BCUT2D eigenvalue weighted by atomic mass is 10.2. The number of rotatable bonds is 5. The monoisotopic (exact) mass is 272 g/mol. The SMILES string of the molecule is Cc1cnc(CNc2cccc(OC(C)C)c2N)cn1. The molecule has 3 N–H and O–H groups in total. The number of nitrogen functional groups attached to an aromatic ring is 1. The summed E-state index contributed by atoms with van der Waals surface area (Å²) >= 11 is 0. The largest absolute Gasteiger partial charge is 0.489 e. The van der Waals surface area contributed by atoms with Crippen LogP contribution in [0, 0.1) is 6.92 Å². The van der Waals surface area contributed by atoms with Crippen molar-refractivity contribution in [1.82, 2.24) is 9.97 Å². The van der Waals surface area contributed by atoms with E-state index < -0.39 is 0 Å². The lowest BCUT2D eigenvalue weighted by molar-refractivity contribution is 0.244. The molecule has 0 bridgehead atoms. The molecule has 0 aliphatic heterocycles. The number of aryl methyl sites for hydroxylation is 1.